The van der Waals surface area contributed by atoms with Gasteiger partial charge in [0.2, 0.25) is 0 Å². The molecule has 0 radical (unpaired) electrons. The van der Waals surface area contributed by atoms with E-state index in [0.717, 1.165) is 54.2 Å². The molecule has 0 saturated carbocycles. The zero-order valence-corrected chi connectivity index (χ0v) is 18.8. The van der Waals surface area contributed by atoms with Crippen molar-refractivity contribution in [3.8, 4) is 17.1 Å². The van der Waals surface area contributed by atoms with Gasteiger partial charge in [-0.3, -0.25) is 9.69 Å². The number of fused-ring (bicyclic) bond motifs is 1. The van der Waals surface area contributed by atoms with Gasteiger partial charge in [-0.15, -0.1) is 0 Å². The number of rotatable bonds is 8. The Morgan fingerprint density at radius 2 is 2.06 bits per heavy atom. The fourth-order valence-electron chi connectivity index (χ4n) is 3.97. The first-order chi connectivity index (χ1) is 15.5. The summed E-state index contributed by atoms with van der Waals surface area (Å²) in [5.74, 6) is 0.855. The number of carbonyl (C=O) groups is 1. The van der Waals surface area contributed by atoms with Crippen LogP contribution < -0.4 is 4.74 Å². The van der Waals surface area contributed by atoms with E-state index in [1.807, 2.05) is 61.7 Å². The minimum absolute atomic E-state index is 0.119. The van der Waals surface area contributed by atoms with Crippen LogP contribution in [0.25, 0.3) is 11.4 Å². The molecule has 2 aromatic carbocycles. The number of halogens is 1. The lowest BCUT2D eigenvalue weighted by Crippen LogP contribution is -2.35. The van der Waals surface area contributed by atoms with Crippen LogP contribution in [0.4, 0.5) is 0 Å². The number of hydrogen-bond acceptors (Lipinski definition) is 5. The first-order valence-electron chi connectivity index (χ1n) is 10.7. The van der Waals surface area contributed by atoms with Gasteiger partial charge in [0, 0.05) is 54.8 Å². The molecule has 6 nitrogen and oxygen atoms in total. The lowest BCUT2D eigenvalue weighted by atomic mass is 10.0. The largest absolute Gasteiger partial charge is 0.489 e. The molecular formula is C25H26ClN3O3. The van der Waals surface area contributed by atoms with Gasteiger partial charge in [0.25, 0.3) is 0 Å². The molecule has 0 saturated heterocycles. The summed E-state index contributed by atoms with van der Waals surface area (Å²) in [7, 11) is 0. The average Bonchev–Trinajstić information content (AvgIpc) is 2.77. The van der Waals surface area contributed by atoms with Gasteiger partial charge < -0.3 is 9.84 Å². The van der Waals surface area contributed by atoms with Gasteiger partial charge in [0.15, 0.2) is 5.82 Å². The molecule has 0 bridgehead atoms. The van der Waals surface area contributed by atoms with Gasteiger partial charge in [-0.2, -0.15) is 0 Å². The van der Waals surface area contributed by atoms with Crippen LogP contribution in [0.3, 0.4) is 0 Å². The van der Waals surface area contributed by atoms with Crippen molar-refractivity contribution in [3.63, 3.8) is 0 Å². The highest BCUT2D eigenvalue weighted by molar-refractivity contribution is 6.30. The van der Waals surface area contributed by atoms with Crippen molar-refractivity contribution in [2.45, 2.75) is 32.9 Å². The Morgan fingerprint density at radius 1 is 1.25 bits per heavy atom. The maximum Gasteiger partial charge on any atom is 0.303 e. The summed E-state index contributed by atoms with van der Waals surface area (Å²) in [6.07, 6.45) is 2.93. The minimum atomic E-state index is -0.747. The molecule has 1 N–H and O–H groups in total. The second-order valence-corrected chi connectivity index (χ2v) is 8.73. The van der Waals surface area contributed by atoms with Crippen LogP contribution in [0.5, 0.6) is 5.75 Å². The standard InChI is InChI=1S/C25H26ClN3O3/c1-17(11-24(30)31)14-29-10-9-23-20(15-29)13-27-25(28-23)19-5-7-22(8-6-19)32-16-18-3-2-4-21(26)12-18/h2-8,12-13,17H,9-11,14-16H2,1H3,(H,30,31). The smallest absolute Gasteiger partial charge is 0.303 e. The highest BCUT2D eigenvalue weighted by atomic mass is 35.5. The third kappa shape index (κ3) is 5.84. The predicted molar refractivity (Wildman–Crippen MR) is 124 cm³/mol. The van der Waals surface area contributed by atoms with Crippen molar-refractivity contribution in [2.75, 3.05) is 13.1 Å². The quantitative estimate of drug-likeness (QED) is 0.528. The Hall–Kier alpha value is -2.96. The molecule has 1 aromatic heterocycles. The summed E-state index contributed by atoms with van der Waals surface area (Å²) in [6, 6.07) is 15.4. The Balaban J connectivity index is 1.37. The normalized spacial score (nSPS) is 14.6. The molecule has 1 unspecified atom stereocenters. The van der Waals surface area contributed by atoms with Gasteiger partial charge in [-0.25, -0.2) is 9.97 Å². The third-order valence-electron chi connectivity index (χ3n) is 5.51. The van der Waals surface area contributed by atoms with E-state index < -0.39 is 5.97 Å². The van der Waals surface area contributed by atoms with E-state index in [1.54, 1.807) is 0 Å². The van der Waals surface area contributed by atoms with Crippen LogP contribution in [0.1, 0.15) is 30.2 Å². The van der Waals surface area contributed by atoms with Crippen LogP contribution in [0.2, 0.25) is 5.02 Å². The number of carboxylic acids is 1. The van der Waals surface area contributed by atoms with Gasteiger partial charge in [0.1, 0.15) is 12.4 Å². The number of aliphatic carboxylic acids is 1. The van der Waals surface area contributed by atoms with E-state index in [9.17, 15) is 4.79 Å². The van der Waals surface area contributed by atoms with Crippen molar-refractivity contribution in [2.24, 2.45) is 5.92 Å². The van der Waals surface area contributed by atoms with Gasteiger partial charge in [0.05, 0.1) is 5.69 Å². The molecule has 0 aliphatic carbocycles. The Kier molecular flexibility index (Phi) is 7.02. The maximum atomic E-state index is 10.9. The van der Waals surface area contributed by atoms with E-state index in [0.29, 0.717) is 17.5 Å². The number of aromatic nitrogens is 2. The number of ether oxygens (including phenoxy) is 1. The molecule has 166 valence electrons. The second kappa shape index (κ2) is 10.1. The third-order valence-corrected chi connectivity index (χ3v) is 5.75. The molecule has 1 atom stereocenters. The van der Waals surface area contributed by atoms with Crippen molar-refractivity contribution in [1.82, 2.24) is 14.9 Å². The van der Waals surface area contributed by atoms with Crippen molar-refractivity contribution >= 4 is 17.6 Å². The first kappa shape index (κ1) is 22.2. The molecule has 1 aliphatic heterocycles. The van der Waals surface area contributed by atoms with Crippen LogP contribution in [0, 0.1) is 5.92 Å². The molecule has 4 rings (SSSR count). The number of hydrogen-bond donors (Lipinski definition) is 1. The van der Waals surface area contributed by atoms with E-state index in [-0.39, 0.29) is 12.3 Å². The maximum absolute atomic E-state index is 10.9. The Labute approximate surface area is 192 Å². The monoisotopic (exact) mass is 451 g/mol. The fourth-order valence-corrected chi connectivity index (χ4v) is 4.18. The lowest BCUT2D eigenvalue weighted by molar-refractivity contribution is -0.138. The van der Waals surface area contributed by atoms with Crippen LogP contribution in [-0.2, 0) is 24.4 Å². The minimum Gasteiger partial charge on any atom is -0.489 e. The summed E-state index contributed by atoms with van der Waals surface area (Å²) < 4.78 is 5.85. The van der Waals surface area contributed by atoms with Crippen molar-refractivity contribution in [1.29, 1.82) is 0 Å². The SMILES string of the molecule is CC(CC(=O)O)CN1CCc2nc(-c3ccc(OCc4cccc(Cl)c4)cc3)ncc2C1. The summed E-state index contributed by atoms with van der Waals surface area (Å²) >= 11 is 6.02. The molecule has 2 heterocycles. The summed E-state index contributed by atoms with van der Waals surface area (Å²) in [4.78, 5) is 22.5. The Bertz CT molecular complexity index is 1090. The number of carboxylic acid groups (broad SMARTS) is 1. The molecule has 0 amide bonds. The first-order valence-corrected chi connectivity index (χ1v) is 11.1. The zero-order chi connectivity index (χ0) is 22.5. The van der Waals surface area contributed by atoms with E-state index in [2.05, 4.69) is 9.88 Å². The predicted octanol–water partition coefficient (Wildman–Crippen LogP) is 4.84. The molecule has 0 fully saturated rings. The van der Waals surface area contributed by atoms with Gasteiger partial charge in [-0.05, 0) is 47.9 Å². The number of nitrogens with zero attached hydrogens (tertiary/aromatic N) is 3. The molecule has 3 aromatic rings. The second-order valence-electron chi connectivity index (χ2n) is 8.30. The Morgan fingerprint density at radius 3 is 2.81 bits per heavy atom. The lowest BCUT2D eigenvalue weighted by Gasteiger charge is -2.29. The van der Waals surface area contributed by atoms with Crippen LogP contribution in [-0.4, -0.2) is 39.0 Å². The van der Waals surface area contributed by atoms with Crippen LogP contribution >= 0.6 is 11.6 Å². The average molecular weight is 452 g/mol. The highest BCUT2D eigenvalue weighted by Crippen LogP contribution is 2.24. The molecule has 7 heteroatoms. The van der Waals surface area contributed by atoms with Crippen molar-refractivity contribution in [3.05, 3.63) is 76.6 Å². The summed E-state index contributed by atoms with van der Waals surface area (Å²) in [5, 5.41) is 9.67. The van der Waals surface area contributed by atoms with E-state index in [1.165, 1.54) is 0 Å². The van der Waals surface area contributed by atoms with E-state index >= 15 is 0 Å². The zero-order valence-electron chi connectivity index (χ0n) is 18.0. The van der Waals surface area contributed by atoms with Gasteiger partial charge in [-0.1, -0.05) is 30.7 Å². The fraction of sp³-hybridized carbons (Fsp3) is 0.320. The molecule has 1 aliphatic rings. The van der Waals surface area contributed by atoms with Gasteiger partial charge >= 0.3 is 5.97 Å². The molecular weight excluding hydrogens is 426 g/mol. The summed E-state index contributed by atoms with van der Waals surface area (Å²) in [6.45, 7) is 4.84. The highest BCUT2D eigenvalue weighted by Gasteiger charge is 2.21. The number of benzene rings is 2. The van der Waals surface area contributed by atoms with E-state index in [4.69, 9.17) is 26.4 Å². The topological polar surface area (TPSA) is 75.5 Å². The van der Waals surface area contributed by atoms with Crippen molar-refractivity contribution < 1.29 is 14.6 Å². The molecule has 32 heavy (non-hydrogen) atoms. The summed E-state index contributed by atoms with van der Waals surface area (Å²) in [5.41, 5.74) is 4.15. The molecule has 0 spiro atoms. The van der Waals surface area contributed by atoms with Crippen LogP contribution in [0.15, 0.2) is 54.7 Å².